The van der Waals surface area contributed by atoms with Crippen molar-refractivity contribution < 1.29 is 9.13 Å². The summed E-state index contributed by atoms with van der Waals surface area (Å²) in [6, 6.07) is 16.7. The van der Waals surface area contributed by atoms with Gasteiger partial charge in [0.15, 0.2) is 5.65 Å². The predicted octanol–water partition coefficient (Wildman–Crippen LogP) is 4.50. The van der Waals surface area contributed by atoms with Crippen LogP contribution in [-0.2, 0) is 4.74 Å². The van der Waals surface area contributed by atoms with E-state index in [1.807, 2.05) is 35.0 Å². The molecule has 4 aromatic rings. The second-order valence-corrected chi connectivity index (χ2v) is 8.87. The molecule has 2 aliphatic heterocycles. The summed E-state index contributed by atoms with van der Waals surface area (Å²) in [6.07, 6.45) is 5.53. The molecular weight excluding hydrogens is 431 g/mol. The smallest absolute Gasteiger partial charge is 0.154 e. The summed E-state index contributed by atoms with van der Waals surface area (Å²) in [5, 5.41) is 4.95. The third kappa shape index (κ3) is 3.98. The molecule has 0 bridgehead atoms. The van der Waals surface area contributed by atoms with Crippen LogP contribution in [0, 0.1) is 5.82 Å². The third-order valence-corrected chi connectivity index (χ3v) is 6.68. The van der Waals surface area contributed by atoms with Gasteiger partial charge in [-0.05, 0) is 61.2 Å². The standard InChI is InChI=1S/C26H27FN6O/c27-20-7-4-6-19(16-20)23-18-34-15-14-32(23)26-11-10-24-28-17-22(33(24)30-26)21-8-5-9-25(29-21)31-12-2-1-3-13-31/h4-11,16-17,23H,1-3,12-15,18H2/t23-/m1/s1. The minimum absolute atomic E-state index is 0.109. The number of imidazole rings is 1. The quantitative estimate of drug-likeness (QED) is 0.449. The number of hydrogen-bond acceptors (Lipinski definition) is 6. The van der Waals surface area contributed by atoms with Crippen LogP contribution in [-0.4, -0.2) is 52.4 Å². The number of piperidine rings is 1. The summed E-state index contributed by atoms with van der Waals surface area (Å²) in [5.41, 5.74) is 3.35. The van der Waals surface area contributed by atoms with Crippen molar-refractivity contribution in [1.82, 2.24) is 19.6 Å². The van der Waals surface area contributed by atoms with E-state index in [0.29, 0.717) is 19.8 Å². The predicted molar refractivity (Wildman–Crippen MR) is 130 cm³/mol. The lowest BCUT2D eigenvalue weighted by Crippen LogP contribution is -2.40. The van der Waals surface area contributed by atoms with Crippen LogP contribution >= 0.6 is 0 Å². The van der Waals surface area contributed by atoms with Crippen molar-refractivity contribution in [3.05, 3.63) is 72.2 Å². The number of benzene rings is 1. The average molecular weight is 459 g/mol. The van der Waals surface area contributed by atoms with E-state index in [9.17, 15) is 4.39 Å². The first-order valence-corrected chi connectivity index (χ1v) is 11.9. The van der Waals surface area contributed by atoms with E-state index in [1.165, 1.54) is 25.3 Å². The highest BCUT2D eigenvalue weighted by Gasteiger charge is 2.27. The van der Waals surface area contributed by atoms with Gasteiger partial charge in [-0.3, -0.25) is 0 Å². The fourth-order valence-electron chi connectivity index (χ4n) is 4.92. The van der Waals surface area contributed by atoms with Gasteiger partial charge in [-0.25, -0.2) is 18.9 Å². The molecule has 2 fully saturated rings. The number of anilines is 2. The highest BCUT2D eigenvalue weighted by atomic mass is 19.1. The van der Waals surface area contributed by atoms with E-state index in [0.717, 1.165) is 47.3 Å². The maximum atomic E-state index is 13.9. The lowest BCUT2D eigenvalue weighted by atomic mass is 10.0. The Labute approximate surface area is 197 Å². The zero-order chi connectivity index (χ0) is 22.9. The molecule has 174 valence electrons. The van der Waals surface area contributed by atoms with Crippen LogP contribution in [0.15, 0.2) is 60.8 Å². The number of pyridine rings is 1. The monoisotopic (exact) mass is 458 g/mol. The molecule has 34 heavy (non-hydrogen) atoms. The Morgan fingerprint density at radius 2 is 1.79 bits per heavy atom. The molecule has 6 rings (SSSR count). The average Bonchev–Trinajstić information content (AvgIpc) is 3.33. The van der Waals surface area contributed by atoms with Gasteiger partial charge in [0.1, 0.15) is 23.1 Å². The van der Waals surface area contributed by atoms with E-state index in [2.05, 4.69) is 26.9 Å². The van der Waals surface area contributed by atoms with E-state index in [-0.39, 0.29) is 11.9 Å². The van der Waals surface area contributed by atoms with E-state index in [1.54, 1.807) is 12.1 Å². The molecule has 3 aromatic heterocycles. The van der Waals surface area contributed by atoms with Crippen molar-refractivity contribution in [3.63, 3.8) is 0 Å². The Morgan fingerprint density at radius 3 is 2.68 bits per heavy atom. The zero-order valence-electron chi connectivity index (χ0n) is 19.0. The van der Waals surface area contributed by atoms with Gasteiger partial charge in [0.05, 0.1) is 31.1 Å². The van der Waals surface area contributed by atoms with Crippen molar-refractivity contribution in [2.75, 3.05) is 42.6 Å². The number of morpholine rings is 1. The van der Waals surface area contributed by atoms with Gasteiger partial charge >= 0.3 is 0 Å². The van der Waals surface area contributed by atoms with E-state index < -0.39 is 0 Å². The maximum Gasteiger partial charge on any atom is 0.154 e. The Balaban J connectivity index is 1.36. The van der Waals surface area contributed by atoms with Crippen LogP contribution in [0.3, 0.4) is 0 Å². The van der Waals surface area contributed by atoms with Gasteiger partial charge in [-0.2, -0.15) is 0 Å². The minimum atomic E-state index is -0.247. The second kappa shape index (κ2) is 9.02. The molecule has 2 aliphatic rings. The van der Waals surface area contributed by atoms with Crippen LogP contribution < -0.4 is 9.80 Å². The Morgan fingerprint density at radius 1 is 0.912 bits per heavy atom. The molecular formula is C26H27FN6O. The van der Waals surface area contributed by atoms with Crippen molar-refractivity contribution in [2.45, 2.75) is 25.3 Å². The van der Waals surface area contributed by atoms with Gasteiger partial charge in [-0.1, -0.05) is 18.2 Å². The number of rotatable bonds is 4. The largest absolute Gasteiger partial charge is 0.377 e. The van der Waals surface area contributed by atoms with Gasteiger partial charge in [0.25, 0.3) is 0 Å². The highest BCUT2D eigenvalue weighted by molar-refractivity contribution is 5.62. The number of nitrogens with zero attached hydrogens (tertiary/aromatic N) is 6. The molecule has 0 unspecified atom stereocenters. The molecule has 1 atom stereocenters. The number of aromatic nitrogens is 4. The molecule has 5 heterocycles. The van der Waals surface area contributed by atoms with Crippen molar-refractivity contribution >= 4 is 17.3 Å². The molecule has 2 saturated heterocycles. The van der Waals surface area contributed by atoms with E-state index in [4.69, 9.17) is 14.8 Å². The number of fused-ring (bicyclic) bond motifs is 1. The van der Waals surface area contributed by atoms with E-state index >= 15 is 0 Å². The topological polar surface area (TPSA) is 58.8 Å². The van der Waals surface area contributed by atoms with Crippen molar-refractivity contribution in [1.29, 1.82) is 0 Å². The summed E-state index contributed by atoms with van der Waals surface area (Å²) in [4.78, 5) is 14.1. The number of halogens is 1. The number of hydrogen-bond donors (Lipinski definition) is 0. The zero-order valence-corrected chi connectivity index (χ0v) is 19.0. The maximum absolute atomic E-state index is 13.9. The summed E-state index contributed by atoms with van der Waals surface area (Å²) < 4.78 is 21.5. The lowest BCUT2D eigenvalue weighted by molar-refractivity contribution is 0.0935. The van der Waals surface area contributed by atoms with Crippen LogP contribution in [0.4, 0.5) is 16.0 Å². The molecule has 0 radical (unpaired) electrons. The third-order valence-electron chi connectivity index (χ3n) is 6.68. The molecule has 8 heteroatoms. The Kier molecular flexibility index (Phi) is 5.58. The van der Waals surface area contributed by atoms with Gasteiger partial charge in [0.2, 0.25) is 0 Å². The highest BCUT2D eigenvalue weighted by Crippen LogP contribution is 2.30. The van der Waals surface area contributed by atoms with Gasteiger partial charge < -0.3 is 14.5 Å². The fourth-order valence-corrected chi connectivity index (χ4v) is 4.92. The SMILES string of the molecule is Fc1cccc([C@H]2COCCN2c2ccc3ncc(-c4cccc(N5CCCCC5)n4)n3n2)c1. The van der Waals surface area contributed by atoms with Gasteiger partial charge in [-0.15, -0.1) is 5.10 Å². The van der Waals surface area contributed by atoms with Crippen molar-refractivity contribution in [2.24, 2.45) is 0 Å². The first-order valence-electron chi connectivity index (χ1n) is 11.9. The minimum Gasteiger partial charge on any atom is -0.377 e. The molecule has 0 saturated carbocycles. The molecule has 1 aromatic carbocycles. The lowest BCUT2D eigenvalue weighted by Gasteiger charge is -2.36. The Bertz CT molecular complexity index is 1300. The van der Waals surface area contributed by atoms with Crippen LogP contribution in [0.5, 0.6) is 0 Å². The molecule has 7 nitrogen and oxygen atoms in total. The van der Waals surface area contributed by atoms with Gasteiger partial charge in [0, 0.05) is 19.6 Å². The fraction of sp³-hybridized carbons (Fsp3) is 0.346. The second-order valence-electron chi connectivity index (χ2n) is 8.87. The summed E-state index contributed by atoms with van der Waals surface area (Å²) in [5.74, 6) is 1.56. The number of ether oxygens (including phenoxy) is 1. The summed E-state index contributed by atoms with van der Waals surface area (Å²) in [6.45, 7) is 3.85. The van der Waals surface area contributed by atoms with Crippen LogP contribution in [0.25, 0.3) is 17.0 Å². The van der Waals surface area contributed by atoms with Crippen molar-refractivity contribution in [3.8, 4) is 11.4 Å². The van der Waals surface area contributed by atoms with Crippen LogP contribution in [0.2, 0.25) is 0 Å². The molecule has 0 aliphatic carbocycles. The first kappa shape index (κ1) is 21.0. The normalized spacial score (nSPS) is 19.0. The molecule has 0 N–H and O–H groups in total. The van der Waals surface area contributed by atoms with Crippen LogP contribution in [0.1, 0.15) is 30.9 Å². The Hall–Kier alpha value is -3.52. The molecule has 0 spiro atoms. The molecule has 0 amide bonds. The first-order chi connectivity index (χ1) is 16.8. The summed E-state index contributed by atoms with van der Waals surface area (Å²) >= 11 is 0. The summed E-state index contributed by atoms with van der Waals surface area (Å²) in [7, 11) is 0.